The van der Waals surface area contributed by atoms with Gasteiger partial charge in [0.15, 0.2) is 0 Å². The minimum atomic E-state index is -0.564. The van der Waals surface area contributed by atoms with Crippen LogP contribution in [0.4, 0.5) is 0 Å². The lowest BCUT2D eigenvalue weighted by atomic mass is 9.66. The summed E-state index contributed by atoms with van der Waals surface area (Å²) >= 11 is 0. The second-order valence-electron chi connectivity index (χ2n) is 17.4. The van der Waals surface area contributed by atoms with Gasteiger partial charge < -0.3 is 10.1 Å². The first-order valence-electron chi connectivity index (χ1n) is 22.7. The number of nitrogens with one attached hydrogen (secondary N) is 1. The number of allylic oxidation sites excluding steroid dienone is 1. The molecule has 1 N–H and O–H groups in total. The highest BCUT2D eigenvalue weighted by Crippen LogP contribution is 2.63. The minimum absolute atomic E-state index is 0.233. The molecular formula is C63H42N2O. The van der Waals surface area contributed by atoms with Gasteiger partial charge in [-0.2, -0.15) is 0 Å². The Bertz CT molecular complexity index is 3540. The molecule has 0 radical (unpaired) electrons. The molecule has 0 saturated heterocycles. The highest BCUT2D eigenvalue weighted by molar-refractivity contribution is 6.13. The first-order chi connectivity index (χ1) is 32.7. The van der Waals surface area contributed by atoms with Crippen LogP contribution in [0.3, 0.4) is 0 Å². The van der Waals surface area contributed by atoms with Gasteiger partial charge in [-0.25, -0.2) is 0 Å². The van der Waals surface area contributed by atoms with Crippen LogP contribution in [-0.2, 0) is 5.41 Å². The predicted octanol–water partition coefficient (Wildman–Crippen LogP) is 15.4. The summed E-state index contributed by atoms with van der Waals surface area (Å²) in [5, 5.41) is 6.25. The number of hydrogen-bond acceptors (Lipinski definition) is 3. The zero-order valence-corrected chi connectivity index (χ0v) is 36.0. The Hall–Kier alpha value is -8.53. The number of rotatable bonds is 6. The van der Waals surface area contributed by atoms with Crippen LogP contribution in [0.15, 0.2) is 248 Å². The molecule has 1 atom stereocenters. The largest absolute Gasteiger partial charge is 0.457 e. The van der Waals surface area contributed by atoms with Crippen molar-refractivity contribution in [3.8, 4) is 56.0 Å². The summed E-state index contributed by atoms with van der Waals surface area (Å²) in [7, 11) is 0. The molecule has 3 heteroatoms. The highest BCUT2D eigenvalue weighted by atomic mass is 16.5. The van der Waals surface area contributed by atoms with Crippen LogP contribution >= 0.6 is 0 Å². The second kappa shape index (κ2) is 15.3. The second-order valence-corrected chi connectivity index (χ2v) is 17.4. The van der Waals surface area contributed by atoms with Gasteiger partial charge >= 0.3 is 0 Å². The fraction of sp³-hybridized carbons (Fsp3) is 0.0317. The number of nitrogens with zero attached hydrogens (tertiary/aromatic N) is 1. The van der Waals surface area contributed by atoms with Crippen molar-refractivity contribution in [1.82, 2.24) is 5.32 Å². The predicted molar refractivity (Wildman–Crippen MR) is 271 cm³/mol. The van der Waals surface area contributed by atoms with Crippen molar-refractivity contribution in [3.63, 3.8) is 0 Å². The first-order valence-corrected chi connectivity index (χ1v) is 22.7. The van der Waals surface area contributed by atoms with Crippen LogP contribution < -0.4 is 10.1 Å². The summed E-state index contributed by atoms with van der Waals surface area (Å²) in [6.07, 6.45) is 1.96. The van der Waals surface area contributed by atoms with E-state index in [4.69, 9.17) is 9.73 Å². The number of para-hydroxylation sites is 2. The first kappa shape index (κ1) is 38.0. The number of benzene rings is 10. The third-order valence-corrected chi connectivity index (χ3v) is 13.8. The summed E-state index contributed by atoms with van der Waals surface area (Å²) in [6.45, 7) is 0. The van der Waals surface area contributed by atoms with E-state index in [-0.39, 0.29) is 6.17 Å². The standard InChI is InChI=1S/C63H42N2O/c1-3-15-41(16-4-1)42-29-31-44(32-30-42)57-40-58(65-62(64-57)45-18-5-2-6-19-45)50-23-14-22-48(38-50)46-20-13-21-47(37-46)49-33-35-52-56(39-49)63(55-36-34-43-17-7-8-24-51(43)61(52)55)53-25-9-11-27-59(53)66-60-28-12-10-26-54(60)63/h1-40,62,64H. The van der Waals surface area contributed by atoms with Crippen molar-refractivity contribution in [2.45, 2.75) is 11.6 Å². The molecule has 2 heterocycles. The Morgan fingerprint density at radius 2 is 0.939 bits per heavy atom. The molecule has 1 aliphatic carbocycles. The Labute approximate surface area is 384 Å². The topological polar surface area (TPSA) is 33.6 Å². The van der Waals surface area contributed by atoms with Gasteiger partial charge in [0.1, 0.15) is 17.7 Å². The van der Waals surface area contributed by atoms with E-state index in [0.29, 0.717) is 0 Å². The number of ether oxygens (including phenoxy) is 1. The SMILES string of the molecule is C1=C(c2ccc(-c3ccccc3)cc2)NC(c2ccccc2)N=C1c1cccc(-c2cccc(-c3ccc4c(c3)C3(c5ccccc5Oc5ccccc53)c3ccc5ccccc5c3-4)c2)c1. The van der Waals surface area contributed by atoms with E-state index in [1.54, 1.807) is 0 Å². The van der Waals surface area contributed by atoms with Gasteiger partial charge in [-0.3, -0.25) is 4.99 Å². The van der Waals surface area contributed by atoms with E-state index in [2.05, 4.69) is 248 Å². The fourth-order valence-electron chi connectivity index (χ4n) is 10.7. The van der Waals surface area contributed by atoms with E-state index >= 15 is 0 Å². The van der Waals surface area contributed by atoms with Crippen LogP contribution in [0.2, 0.25) is 0 Å². The molecule has 0 amide bonds. The van der Waals surface area contributed by atoms with Crippen molar-refractivity contribution in [2.24, 2.45) is 4.99 Å². The maximum atomic E-state index is 6.68. The molecule has 1 unspecified atom stereocenters. The van der Waals surface area contributed by atoms with Crippen LogP contribution in [0.25, 0.3) is 61.0 Å². The molecule has 0 saturated carbocycles. The van der Waals surface area contributed by atoms with E-state index in [1.807, 2.05) is 0 Å². The molecule has 0 aromatic heterocycles. The van der Waals surface area contributed by atoms with Crippen molar-refractivity contribution < 1.29 is 4.74 Å². The maximum Gasteiger partial charge on any atom is 0.145 e. The average Bonchev–Trinajstić information content (AvgIpc) is 3.69. The third-order valence-electron chi connectivity index (χ3n) is 13.8. The van der Waals surface area contributed by atoms with Crippen LogP contribution in [0.1, 0.15) is 45.1 Å². The average molecular weight is 843 g/mol. The number of hydrogen-bond donors (Lipinski definition) is 1. The number of fused-ring (bicyclic) bond motifs is 11. The molecule has 3 nitrogen and oxygen atoms in total. The van der Waals surface area contributed by atoms with Gasteiger partial charge in [0.05, 0.1) is 11.1 Å². The van der Waals surface area contributed by atoms with Crippen LogP contribution in [-0.4, -0.2) is 5.71 Å². The summed E-state index contributed by atoms with van der Waals surface area (Å²) in [5.41, 5.74) is 19.2. The lowest BCUT2D eigenvalue weighted by Gasteiger charge is -2.39. The molecule has 2 aliphatic heterocycles. The van der Waals surface area contributed by atoms with Crippen molar-refractivity contribution >= 4 is 22.2 Å². The third kappa shape index (κ3) is 6.08. The van der Waals surface area contributed by atoms with E-state index < -0.39 is 5.41 Å². The van der Waals surface area contributed by atoms with Gasteiger partial charge in [0, 0.05) is 22.4 Å². The smallest absolute Gasteiger partial charge is 0.145 e. The quantitative estimate of drug-likeness (QED) is 0.181. The monoisotopic (exact) mass is 842 g/mol. The molecule has 1 spiro atoms. The summed E-state index contributed by atoms with van der Waals surface area (Å²) < 4.78 is 6.68. The normalized spacial score (nSPS) is 15.1. The molecular weight excluding hydrogens is 801 g/mol. The maximum absolute atomic E-state index is 6.68. The number of aliphatic imine (C=N–C) groups is 1. The Morgan fingerprint density at radius 1 is 0.394 bits per heavy atom. The van der Waals surface area contributed by atoms with E-state index in [1.165, 1.54) is 60.8 Å². The van der Waals surface area contributed by atoms with Gasteiger partial charge in [-0.05, 0) is 114 Å². The van der Waals surface area contributed by atoms with E-state index in [0.717, 1.165) is 56.3 Å². The summed E-state index contributed by atoms with van der Waals surface area (Å²) in [6, 6.07) is 85.4. The van der Waals surface area contributed by atoms with Crippen molar-refractivity contribution in [2.75, 3.05) is 0 Å². The molecule has 0 fully saturated rings. The zero-order chi connectivity index (χ0) is 43.6. The lowest BCUT2D eigenvalue weighted by Crippen LogP contribution is -2.32. The van der Waals surface area contributed by atoms with Crippen LogP contribution in [0.5, 0.6) is 11.5 Å². The molecule has 13 rings (SSSR count). The molecule has 10 aromatic rings. The molecule has 3 aliphatic rings. The fourth-order valence-corrected chi connectivity index (χ4v) is 10.7. The summed E-state index contributed by atoms with van der Waals surface area (Å²) in [4.78, 5) is 5.33. The van der Waals surface area contributed by atoms with Gasteiger partial charge in [0.25, 0.3) is 0 Å². The molecule has 0 bridgehead atoms. The van der Waals surface area contributed by atoms with Crippen molar-refractivity contribution in [3.05, 3.63) is 282 Å². The highest BCUT2D eigenvalue weighted by Gasteiger charge is 2.51. The molecule has 10 aromatic carbocycles. The minimum Gasteiger partial charge on any atom is -0.457 e. The van der Waals surface area contributed by atoms with Gasteiger partial charge in [0.2, 0.25) is 0 Å². The zero-order valence-electron chi connectivity index (χ0n) is 36.0. The van der Waals surface area contributed by atoms with Crippen molar-refractivity contribution in [1.29, 1.82) is 0 Å². The Balaban J connectivity index is 0.911. The summed E-state index contributed by atoms with van der Waals surface area (Å²) in [5.74, 6) is 1.79. The van der Waals surface area contributed by atoms with Gasteiger partial charge in [-0.15, -0.1) is 0 Å². The lowest BCUT2D eigenvalue weighted by molar-refractivity contribution is 0.436. The molecule has 310 valence electrons. The Kier molecular flexibility index (Phi) is 8.82. The Morgan fingerprint density at radius 3 is 1.67 bits per heavy atom. The molecule has 66 heavy (non-hydrogen) atoms. The van der Waals surface area contributed by atoms with E-state index in [9.17, 15) is 0 Å². The van der Waals surface area contributed by atoms with Crippen LogP contribution in [0, 0.1) is 0 Å². The van der Waals surface area contributed by atoms with Gasteiger partial charge in [-0.1, -0.05) is 206 Å².